The fraction of sp³-hybridized carbons (Fsp3) is 0.476. The average Bonchev–Trinajstić information content (AvgIpc) is 2.72. The second kappa shape index (κ2) is 10.0. The van der Waals surface area contributed by atoms with Crippen molar-refractivity contribution in [1.29, 1.82) is 0 Å². The van der Waals surface area contributed by atoms with E-state index in [1.54, 1.807) is 29.2 Å². The Bertz CT molecular complexity index is 745. The lowest BCUT2D eigenvalue weighted by atomic mass is 9.92. The van der Waals surface area contributed by atoms with Gasteiger partial charge in [0.05, 0.1) is 38.6 Å². The summed E-state index contributed by atoms with van der Waals surface area (Å²) in [5.41, 5.74) is 1.92. The molecule has 0 unspecified atom stereocenters. The van der Waals surface area contributed by atoms with Crippen LogP contribution >= 0.6 is 0 Å². The Balaban J connectivity index is 2.26. The van der Waals surface area contributed by atoms with Crippen molar-refractivity contribution in [2.24, 2.45) is 5.92 Å². The van der Waals surface area contributed by atoms with E-state index in [1.807, 2.05) is 13.8 Å². The highest BCUT2D eigenvalue weighted by Gasteiger charge is 2.25. The third kappa shape index (κ3) is 5.19. The zero-order valence-electron chi connectivity index (χ0n) is 16.8. The van der Waals surface area contributed by atoms with E-state index in [-0.39, 0.29) is 23.8 Å². The van der Waals surface area contributed by atoms with Crippen molar-refractivity contribution in [2.45, 2.75) is 20.3 Å². The third-order valence-corrected chi connectivity index (χ3v) is 4.62. The molecule has 0 spiro atoms. The summed E-state index contributed by atoms with van der Waals surface area (Å²) >= 11 is 0. The number of nitrogens with zero attached hydrogens (tertiary/aromatic N) is 1. The fourth-order valence-corrected chi connectivity index (χ4v) is 3.14. The normalized spacial score (nSPS) is 15.1. The first-order valence-electron chi connectivity index (χ1n) is 9.24. The molecular weight excluding hydrogens is 362 g/mol. The molecule has 0 bridgehead atoms. The summed E-state index contributed by atoms with van der Waals surface area (Å²) in [5.74, 6) is -1.36. The lowest BCUT2D eigenvalue weighted by molar-refractivity contribution is -0.139. The summed E-state index contributed by atoms with van der Waals surface area (Å²) in [6.45, 7) is 5.88. The number of carbonyl (C=O) groups is 3. The van der Waals surface area contributed by atoms with Gasteiger partial charge in [-0.2, -0.15) is 0 Å². The van der Waals surface area contributed by atoms with Crippen LogP contribution in [0.3, 0.4) is 0 Å². The molecule has 1 aromatic carbocycles. The number of benzene rings is 1. The molecule has 7 nitrogen and oxygen atoms in total. The van der Waals surface area contributed by atoms with E-state index in [0.717, 1.165) is 5.56 Å². The van der Waals surface area contributed by atoms with Crippen LogP contribution in [0.1, 0.15) is 29.8 Å². The van der Waals surface area contributed by atoms with Crippen LogP contribution < -0.4 is 0 Å². The topological polar surface area (TPSA) is 82.1 Å². The minimum atomic E-state index is -0.567. The maximum atomic E-state index is 12.5. The minimum absolute atomic E-state index is 0.0454. The van der Waals surface area contributed by atoms with E-state index in [4.69, 9.17) is 14.2 Å². The molecule has 0 N–H and O–H groups in total. The summed E-state index contributed by atoms with van der Waals surface area (Å²) in [7, 11) is 2.56. The van der Waals surface area contributed by atoms with Gasteiger partial charge in [-0.05, 0) is 23.6 Å². The molecule has 0 radical (unpaired) electrons. The van der Waals surface area contributed by atoms with Gasteiger partial charge in [-0.1, -0.05) is 26.0 Å². The van der Waals surface area contributed by atoms with Gasteiger partial charge >= 0.3 is 11.9 Å². The molecule has 0 atom stereocenters. The SMILES string of the molecule is COC(=O)/C(Cc1ccc(C(=O)N2CCOCC2)cc1)=C(\C(=O)OC)C(C)C. The molecule has 0 aliphatic carbocycles. The maximum absolute atomic E-state index is 12.5. The number of hydrogen-bond donors (Lipinski definition) is 0. The highest BCUT2D eigenvalue weighted by atomic mass is 16.5. The van der Waals surface area contributed by atoms with Crippen LogP contribution in [0.2, 0.25) is 0 Å². The van der Waals surface area contributed by atoms with Crippen molar-refractivity contribution in [3.63, 3.8) is 0 Å². The molecule has 0 aromatic heterocycles. The van der Waals surface area contributed by atoms with Crippen LogP contribution in [-0.2, 0) is 30.2 Å². The fourth-order valence-electron chi connectivity index (χ4n) is 3.14. The molecule has 1 aliphatic rings. The van der Waals surface area contributed by atoms with E-state index < -0.39 is 11.9 Å². The standard InChI is InChI=1S/C21H27NO6/c1-14(2)18(21(25)27-4)17(20(24)26-3)13-15-5-7-16(8-6-15)19(23)22-9-11-28-12-10-22/h5-8,14H,9-13H2,1-4H3/b18-17-. The number of rotatable bonds is 6. The Kier molecular flexibility index (Phi) is 7.75. The predicted octanol–water partition coefficient (Wildman–Crippen LogP) is 2.00. The van der Waals surface area contributed by atoms with Crippen molar-refractivity contribution in [2.75, 3.05) is 40.5 Å². The second-order valence-corrected chi connectivity index (χ2v) is 6.81. The van der Waals surface area contributed by atoms with Crippen molar-refractivity contribution >= 4 is 17.8 Å². The number of hydrogen-bond acceptors (Lipinski definition) is 6. The van der Waals surface area contributed by atoms with Crippen molar-refractivity contribution in [3.05, 3.63) is 46.5 Å². The number of ether oxygens (including phenoxy) is 3. The first-order valence-corrected chi connectivity index (χ1v) is 9.24. The number of carbonyl (C=O) groups excluding carboxylic acids is 3. The Labute approximate surface area is 165 Å². The molecule has 28 heavy (non-hydrogen) atoms. The molecule has 1 saturated heterocycles. The van der Waals surface area contributed by atoms with Crippen molar-refractivity contribution in [3.8, 4) is 0 Å². The van der Waals surface area contributed by atoms with Crippen LogP contribution in [0.4, 0.5) is 0 Å². The number of esters is 2. The Morgan fingerprint density at radius 3 is 2.07 bits per heavy atom. The largest absolute Gasteiger partial charge is 0.466 e. The molecule has 1 aromatic rings. The van der Waals surface area contributed by atoms with Crippen LogP contribution in [0, 0.1) is 5.92 Å². The van der Waals surface area contributed by atoms with Gasteiger partial charge in [0, 0.05) is 25.1 Å². The van der Waals surface area contributed by atoms with Gasteiger partial charge in [-0.15, -0.1) is 0 Å². The zero-order valence-corrected chi connectivity index (χ0v) is 16.8. The maximum Gasteiger partial charge on any atom is 0.334 e. The number of morpholine rings is 1. The highest BCUT2D eigenvalue weighted by Crippen LogP contribution is 2.22. The highest BCUT2D eigenvalue weighted by molar-refractivity contribution is 6.01. The monoisotopic (exact) mass is 389 g/mol. The number of methoxy groups -OCH3 is 2. The number of amides is 1. The molecule has 2 rings (SSSR count). The first kappa shape index (κ1) is 21.6. The summed E-state index contributed by atoms with van der Waals surface area (Å²) in [4.78, 5) is 38.8. The Morgan fingerprint density at radius 2 is 1.57 bits per heavy atom. The van der Waals surface area contributed by atoms with E-state index in [0.29, 0.717) is 37.4 Å². The Morgan fingerprint density at radius 1 is 1.00 bits per heavy atom. The molecule has 0 saturated carbocycles. The Hall–Kier alpha value is -2.67. The van der Waals surface area contributed by atoms with E-state index in [2.05, 4.69) is 0 Å². The van der Waals surface area contributed by atoms with E-state index in [9.17, 15) is 14.4 Å². The quantitative estimate of drug-likeness (QED) is 0.547. The molecule has 7 heteroatoms. The van der Waals surface area contributed by atoms with Gasteiger partial charge in [-0.25, -0.2) is 9.59 Å². The molecule has 1 amide bonds. The summed E-state index contributed by atoms with van der Waals surface area (Å²) in [5, 5.41) is 0. The van der Waals surface area contributed by atoms with Crippen LogP contribution in [0.5, 0.6) is 0 Å². The third-order valence-electron chi connectivity index (χ3n) is 4.62. The summed E-state index contributed by atoms with van der Waals surface area (Å²) in [6, 6.07) is 7.03. The minimum Gasteiger partial charge on any atom is -0.466 e. The van der Waals surface area contributed by atoms with Crippen LogP contribution in [0.25, 0.3) is 0 Å². The van der Waals surface area contributed by atoms with E-state index in [1.165, 1.54) is 14.2 Å². The van der Waals surface area contributed by atoms with E-state index >= 15 is 0 Å². The van der Waals surface area contributed by atoms with Crippen LogP contribution in [0.15, 0.2) is 35.4 Å². The summed E-state index contributed by atoms with van der Waals surface area (Å²) in [6.07, 6.45) is 0.210. The molecule has 1 aliphatic heterocycles. The van der Waals surface area contributed by atoms with Gasteiger partial charge in [0.2, 0.25) is 0 Å². The second-order valence-electron chi connectivity index (χ2n) is 6.81. The van der Waals surface area contributed by atoms with Gasteiger partial charge in [0.15, 0.2) is 0 Å². The van der Waals surface area contributed by atoms with Crippen molar-refractivity contribution in [1.82, 2.24) is 4.90 Å². The predicted molar refractivity (Wildman–Crippen MR) is 103 cm³/mol. The summed E-state index contributed by atoms with van der Waals surface area (Å²) < 4.78 is 15.0. The van der Waals surface area contributed by atoms with Gasteiger partial charge in [0.25, 0.3) is 5.91 Å². The lowest BCUT2D eigenvalue weighted by Gasteiger charge is -2.26. The average molecular weight is 389 g/mol. The molecule has 152 valence electrons. The van der Waals surface area contributed by atoms with Crippen LogP contribution in [-0.4, -0.2) is 63.3 Å². The molecule has 1 fully saturated rings. The zero-order chi connectivity index (χ0) is 20.7. The van der Waals surface area contributed by atoms with Gasteiger partial charge < -0.3 is 19.1 Å². The molecular formula is C21H27NO6. The van der Waals surface area contributed by atoms with Crippen molar-refractivity contribution < 1.29 is 28.6 Å². The first-order chi connectivity index (χ1) is 13.4. The molecule has 1 heterocycles. The lowest BCUT2D eigenvalue weighted by Crippen LogP contribution is -2.40. The van der Waals surface area contributed by atoms with Gasteiger partial charge in [0.1, 0.15) is 0 Å². The smallest absolute Gasteiger partial charge is 0.334 e. The van der Waals surface area contributed by atoms with Gasteiger partial charge in [-0.3, -0.25) is 4.79 Å².